The summed E-state index contributed by atoms with van der Waals surface area (Å²) >= 11 is 1.58. The number of morpholine rings is 1. The lowest BCUT2D eigenvalue weighted by molar-refractivity contribution is -0.129. The summed E-state index contributed by atoms with van der Waals surface area (Å²) in [6, 6.07) is 5.41. The number of rotatable bonds is 14. The average molecular weight is 600 g/mol. The highest BCUT2D eigenvalue weighted by molar-refractivity contribution is 7.18. The van der Waals surface area contributed by atoms with Crippen LogP contribution in [0, 0.1) is 5.92 Å². The van der Waals surface area contributed by atoms with E-state index in [1.54, 1.807) is 18.3 Å². The van der Waals surface area contributed by atoms with Crippen molar-refractivity contribution in [3.05, 3.63) is 28.8 Å². The van der Waals surface area contributed by atoms with Gasteiger partial charge in [-0.05, 0) is 55.3 Å². The fraction of sp³-hybridized carbons (Fsp3) is 0.688. The number of thiazole rings is 1. The molecule has 2 unspecified atom stereocenters. The molecule has 232 valence electrons. The number of carbonyl (C=O) groups excluding carboxylic acids is 3. The Morgan fingerprint density at radius 3 is 2.55 bits per heavy atom. The summed E-state index contributed by atoms with van der Waals surface area (Å²) in [5.41, 5.74) is 2.17. The minimum atomic E-state index is -0.724. The van der Waals surface area contributed by atoms with Gasteiger partial charge in [0.05, 0.1) is 28.4 Å². The lowest BCUT2D eigenvalue weighted by atomic mass is 9.83. The molecule has 1 aromatic carbocycles. The van der Waals surface area contributed by atoms with Gasteiger partial charge in [0, 0.05) is 44.9 Å². The Bertz CT molecular complexity index is 1170. The minimum absolute atomic E-state index is 0.0180. The van der Waals surface area contributed by atoms with Crippen LogP contribution in [0.5, 0.6) is 0 Å². The number of hydrogen-bond donors (Lipinski definition) is 3. The zero-order valence-electron chi connectivity index (χ0n) is 25.6. The number of benzene rings is 1. The van der Waals surface area contributed by atoms with Crippen LogP contribution in [0.1, 0.15) is 88.6 Å². The standard InChI is InChI=1S/C32H49N5O4S/c1-4-29(38)34-26(20-31-35-25-13-12-24(22(2)3)19-28(25)42-31)32(40)36-27(23-9-6-5-7-10-23)21-33-30(39)11-8-14-37-15-17-41-18-16-37/h12-13,19,22-23,26-27H,4-11,14-18,20-21H2,1-3H3,(H,33,39)(H,34,38)(H,36,40). The van der Waals surface area contributed by atoms with Gasteiger partial charge >= 0.3 is 0 Å². The van der Waals surface area contributed by atoms with Crippen molar-refractivity contribution in [3.8, 4) is 0 Å². The Labute approximate surface area is 254 Å². The van der Waals surface area contributed by atoms with Gasteiger partial charge in [-0.3, -0.25) is 19.3 Å². The van der Waals surface area contributed by atoms with Crippen LogP contribution in [-0.4, -0.2) is 79.1 Å². The maximum atomic E-state index is 13.7. The smallest absolute Gasteiger partial charge is 0.243 e. The first-order chi connectivity index (χ1) is 20.3. The topological polar surface area (TPSA) is 113 Å². The zero-order valence-corrected chi connectivity index (χ0v) is 26.4. The van der Waals surface area contributed by atoms with Crippen molar-refractivity contribution in [2.45, 2.75) is 96.6 Å². The number of fused-ring (bicyclic) bond motifs is 1. The van der Waals surface area contributed by atoms with Crippen molar-refractivity contribution in [2.75, 3.05) is 39.4 Å². The fourth-order valence-electron chi connectivity index (χ4n) is 5.87. The van der Waals surface area contributed by atoms with Crippen LogP contribution in [0.15, 0.2) is 18.2 Å². The molecular weight excluding hydrogens is 550 g/mol. The fourth-order valence-corrected chi connectivity index (χ4v) is 6.93. The van der Waals surface area contributed by atoms with Gasteiger partial charge in [0.1, 0.15) is 6.04 Å². The average Bonchev–Trinajstić information content (AvgIpc) is 3.41. The monoisotopic (exact) mass is 599 g/mol. The Morgan fingerprint density at radius 1 is 1.07 bits per heavy atom. The third-order valence-corrected chi connectivity index (χ3v) is 9.56. The molecule has 2 atom stereocenters. The van der Waals surface area contributed by atoms with Crippen molar-refractivity contribution in [3.63, 3.8) is 0 Å². The number of nitrogens with one attached hydrogen (secondary N) is 3. The Kier molecular flexibility index (Phi) is 12.6. The third-order valence-electron chi connectivity index (χ3n) is 8.52. The summed E-state index contributed by atoms with van der Waals surface area (Å²) in [4.78, 5) is 46.0. The molecule has 1 saturated heterocycles. The summed E-state index contributed by atoms with van der Waals surface area (Å²) in [5.74, 6) is 0.363. The van der Waals surface area contributed by atoms with Gasteiger partial charge in [0.25, 0.3) is 0 Å². The highest BCUT2D eigenvalue weighted by Gasteiger charge is 2.30. The molecule has 1 aliphatic heterocycles. The normalized spacial score (nSPS) is 18.1. The summed E-state index contributed by atoms with van der Waals surface area (Å²) in [6.07, 6.45) is 7.42. The molecule has 10 heteroatoms. The molecule has 0 bridgehead atoms. The van der Waals surface area contributed by atoms with Gasteiger partial charge < -0.3 is 20.7 Å². The van der Waals surface area contributed by atoms with E-state index in [9.17, 15) is 14.4 Å². The number of nitrogens with zero attached hydrogens (tertiary/aromatic N) is 2. The molecule has 3 N–H and O–H groups in total. The summed E-state index contributed by atoms with van der Waals surface area (Å²) in [6.45, 7) is 10.8. The lowest BCUT2D eigenvalue weighted by Gasteiger charge is -2.32. The van der Waals surface area contributed by atoms with E-state index in [-0.39, 0.29) is 23.8 Å². The van der Waals surface area contributed by atoms with Gasteiger partial charge in [-0.15, -0.1) is 11.3 Å². The molecule has 1 saturated carbocycles. The largest absolute Gasteiger partial charge is 0.379 e. The van der Waals surface area contributed by atoms with E-state index in [2.05, 4.69) is 46.8 Å². The predicted molar refractivity (Wildman–Crippen MR) is 168 cm³/mol. The first-order valence-electron chi connectivity index (χ1n) is 15.9. The third kappa shape index (κ3) is 9.74. The van der Waals surface area contributed by atoms with Crippen LogP contribution >= 0.6 is 11.3 Å². The summed E-state index contributed by atoms with van der Waals surface area (Å²) < 4.78 is 6.49. The van der Waals surface area contributed by atoms with Crippen molar-refractivity contribution < 1.29 is 19.1 Å². The highest BCUT2D eigenvalue weighted by Crippen LogP contribution is 2.28. The van der Waals surface area contributed by atoms with Gasteiger partial charge in [-0.2, -0.15) is 0 Å². The first kappa shape index (κ1) is 32.4. The molecule has 1 aliphatic carbocycles. The van der Waals surface area contributed by atoms with E-state index >= 15 is 0 Å². The number of carbonyl (C=O) groups is 3. The predicted octanol–water partition coefficient (Wildman–Crippen LogP) is 4.15. The molecule has 2 aliphatic rings. The Balaban J connectivity index is 1.39. The van der Waals surface area contributed by atoms with Crippen LogP contribution < -0.4 is 16.0 Å². The maximum absolute atomic E-state index is 13.7. The van der Waals surface area contributed by atoms with E-state index in [1.807, 2.05) is 6.07 Å². The number of aromatic nitrogens is 1. The lowest BCUT2D eigenvalue weighted by Crippen LogP contribution is -2.55. The van der Waals surface area contributed by atoms with Crippen molar-refractivity contribution >= 4 is 39.3 Å². The first-order valence-corrected chi connectivity index (χ1v) is 16.7. The molecule has 3 amide bonds. The number of amides is 3. The van der Waals surface area contributed by atoms with Crippen molar-refractivity contribution in [1.29, 1.82) is 0 Å². The second-order valence-electron chi connectivity index (χ2n) is 12.0. The molecular formula is C32H49N5O4S. The zero-order chi connectivity index (χ0) is 29.9. The van der Waals surface area contributed by atoms with Crippen LogP contribution in [-0.2, 0) is 25.5 Å². The van der Waals surface area contributed by atoms with Crippen LogP contribution in [0.4, 0.5) is 0 Å². The molecule has 2 aromatic rings. The Morgan fingerprint density at radius 2 is 1.83 bits per heavy atom. The number of ether oxygens (including phenoxy) is 1. The van der Waals surface area contributed by atoms with Gasteiger partial charge in [0.2, 0.25) is 17.7 Å². The maximum Gasteiger partial charge on any atom is 0.243 e. The molecule has 42 heavy (non-hydrogen) atoms. The Hall–Kier alpha value is -2.56. The van der Waals surface area contributed by atoms with Crippen LogP contribution in [0.2, 0.25) is 0 Å². The van der Waals surface area contributed by atoms with E-state index in [1.165, 1.54) is 12.0 Å². The quantitative estimate of drug-likeness (QED) is 0.301. The molecule has 2 heterocycles. The SMILES string of the molecule is CCC(=O)NC(Cc1nc2ccc(C(C)C)cc2s1)C(=O)NC(CNC(=O)CCCN1CCOCC1)C1CCCCC1. The molecule has 2 fully saturated rings. The van der Waals surface area contributed by atoms with Gasteiger partial charge in [-0.1, -0.05) is 46.1 Å². The second-order valence-corrected chi connectivity index (χ2v) is 13.2. The van der Waals surface area contributed by atoms with E-state index in [0.717, 1.165) is 80.2 Å². The minimum Gasteiger partial charge on any atom is -0.379 e. The van der Waals surface area contributed by atoms with Gasteiger partial charge in [0.15, 0.2) is 0 Å². The second kappa shape index (κ2) is 16.3. The highest BCUT2D eigenvalue weighted by atomic mass is 32.1. The molecule has 9 nitrogen and oxygen atoms in total. The summed E-state index contributed by atoms with van der Waals surface area (Å²) in [5, 5.41) is 10.1. The molecule has 0 spiro atoms. The van der Waals surface area contributed by atoms with Crippen molar-refractivity contribution in [1.82, 2.24) is 25.8 Å². The van der Waals surface area contributed by atoms with Gasteiger partial charge in [-0.25, -0.2) is 4.98 Å². The number of hydrogen-bond acceptors (Lipinski definition) is 7. The molecule has 1 aromatic heterocycles. The summed E-state index contributed by atoms with van der Waals surface area (Å²) in [7, 11) is 0. The molecule has 0 radical (unpaired) electrons. The van der Waals surface area contributed by atoms with Crippen LogP contribution in [0.3, 0.4) is 0 Å². The van der Waals surface area contributed by atoms with E-state index in [0.29, 0.717) is 37.6 Å². The van der Waals surface area contributed by atoms with Crippen molar-refractivity contribution in [2.24, 2.45) is 5.92 Å². The van der Waals surface area contributed by atoms with E-state index < -0.39 is 6.04 Å². The van der Waals surface area contributed by atoms with Crippen LogP contribution in [0.25, 0.3) is 10.2 Å². The molecule has 4 rings (SSSR count). The van der Waals surface area contributed by atoms with E-state index in [4.69, 9.17) is 9.72 Å².